The van der Waals surface area contributed by atoms with E-state index in [1.165, 1.54) is 28.7 Å². The van der Waals surface area contributed by atoms with E-state index < -0.39 is 0 Å². The van der Waals surface area contributed by atoms with Gasteiger partial charge in [0.05, 0.1) is 0 Å². The summed E-state index contributed by atoms with van der Waals surface area (Å²) in [7, 11) is 0. The van der Waals surface area contributed by atoms with Crippen LogP contribution < -0.4 is 5.32 Å². The number of hydrogen-bond donors (Lipinski definition) is 1. The van der Waals surface area contributed by atoms with Gasteiger partial charge in [-0.05, 0) is 49.9 Å². The molecule has 1 nitrogen and oxygen atoms in total. The standard InChI is InChI=1S/C20H27N/c1-4-12-21-15-20(18-8-6-5-7-9-18)14-19-13-16(2)10-11-17(19)3/h5-11,13,20-21H,4,12,14-15H2,1-3H3. The molecule has 0 aliphatic rings. The number of hydrogen-bond acceptors (Lipinski definition) is 1. The third-order valence-electron chi connectivity index (χ3n) is 4.06. The lowest BCUT2D eigenvalue weighted by Crippen LogP contribution is -2.24. The van der Waals surface area contributed by atoms with Crippen molar-refractivity contribution in [2.45, 2.75) is 39.5 Å². The van der Waals surface area contributed by atoms with Crippen LogP contribution in [-0.2, 0) is 6.42 Å². The normalized spacial score (nSPS) is 12.3. The molecule has 0 saturated heterocycles. The Hall–Kier alpha value is -1.60. The fourth-order valence-electron chi connectivity index (χ4n) is 2.77. The van der Waals surface area contributed by atoms with Crippen molar-refractivity contribution in [2.24, 2.45) is 0 Å². The first-order chi connectivity index (χ1) is 10.2. The summed E-state index contributed by atoms with van der Waals surface area (Å²) in [4.78, 5) is 0. The Balaban J connectivity index is 2.17. The Labute approximate surface area is 129 Å². The number of rotatable bonds is 7. The predicted molar refractivity (Wildman–Crippen MR) is 92.0 cm³/mol. The second kappa shape index (κ2) is 7.99. The van der Waals surface area contributed by atoms with Crippen molar-refractivity contribution < 1.29 is 0 Å². The van der Waals surface area contributed by atoms with Gasteiger partial charge in [-0.1, -0.05) is 61.0 Å². The van der Waals surface area contributed by atoms with Gasteiger partial charge in [-0.3, -0.25) is 0 Å². The lowest BCUT2D eigenvalue weighted by Gasteiger charge is -2.20. The molecule has 2 rings (SSSR count). The highest BCUT2D eigenvalue weighted by molar-refractivity contribution is 5.33. The summed E-state index contributed by atoms with van der Waals surface area (Å²) in [5.74, 6) is 0.540. The molecule has 0 fully saturated rings. The van der Waals surface area contributed by atoms with Gasteiger partial charge in [-0.2, -0.15) is 0 Å². The minimum absolute atomic E-state index is 0.540. The lowest BCUT2D eigenvalue weighted by molar-refractivity contribution is 0.575. The van der Waals surface area contributed by atoms with Crippen molar-refractivity contribution in [3.05, 3.63) is 70.8 Å². The zero-order chi connectivity index (χ0) is 15.1. The average Bonchev–Trinajstić information content (AvgIpc) is 2.51. The van der Waals surface area contributed by atoms with Gasteiger partial charge in [0.2, 0.25) is 0 Å². The summed E-state index contributed by atoms with van der Waals surface area (Å²) in [5, 5.41) is 3.59. The molecule has 1 heteroatoms. The van der Waals surface area contributed by atoms with E-state index in [-0.39, 0.29) is 0 Å². The van der Waals surface area contributed by atoms with Gasteiger partial charge in [0.15, 0.2) is 0 Å². The molecule has 0 radical (unpaired) electrons. The SMILES string of the molecule is CCCNCC(Cc1cc(C)ccc1C)c1ccccc1. The van der Waals surface area contributed by atoms with Crippen molar-refractivity contribution >= 4 is 0 Å². The number of nitrogens with one attached hydrogen (secondary N) is 1. The Morgan fingerprint density at radius 3 is 2.48 bits per heavy atom. The molecule has 0 spiro atoms. The average molecular weight is 281 g/mol. The van der Waals surface area contributed by atoms with Gasteiger partial charge in [0, 0.05) is 12.5 Å². The molecule has 0 aromatic heterocycles. The summed E-state index contributed by atoms with van der Waals surface area (Å²) in [6.45, 7) is 8.75. The molecule has 2 aromatic carbocycles. The number of aryl methyl sites for hydroxylation is 2. The Morgan fingerprint density at radius 1 is 1.00 bits per heavy atom. The van der Waals surface area contributed by atoms with E-state index in [1.54, 1.807) is 0 Å². The smallest absolute Gasteiger partial charge is 0.00233 e. The highest BCUT2D eigenvalue weighted by Crippen LogP contribution is 2.23. The first-order valence-electron chi connectivity index (χ1n) is 8.02. The Morgan fingerprint density at radius 2 is 1.76 bits per heavy atom. The molecule has 0 amide bonds. The van der Waals surface area contributed by atoms with Crippen LogP contribution in [-0.4, -0.2) is 13.1 Å². The number of benzene rings is 2. The minimum atomic E-state index is 0.540. The van der Waals surface area contributed by atoms with Gasteiger partial charge in [0.1, 0.15) is 0 Å². The third kappa shape index (κ3) is 4.71. The molecule has 112 valence electrons. The summed E-state index contributed by atoms with van der Waals surface area (Å²) < 4.78 is 0. The van der Waals surface area contributed by atoms with Crippen molar-refractivity contribution in [1.82, 2.24) is 5.32 Å². The second-order valence-electron chi connectivity index (χ2n) is 5.95. The quantitative estimate of drug-likeness (QED) is 0.730. The van der Waals surface area contributed by atoms with Crippen molar-refractivity contribution in [1.29, 1.82) is 0 Å². The predicted octanol–water partition coefficient (Wildman–Crippen LogP) is 4.63. The second-order valence-corrected chi connectivity index (χ2v) is 5.95. The molecule has 0 bridgehead atoms. The molecule has 0 saturated carbocycles. The van der Waals surface area contributed by atoms with E-state index in [9.17, 15) is 0 Å². The first-order valence-corrected chi connectivity index (χ1v) is 8.02. The highest BCUT2D eigenvalue weighted by atomic mass is 14.8. The van der Waals surface area contributed by atoms with E-state index in [2.05, 4.69) is 74.6 Å². The fraction of sp³-hybridized carbons (Fsp3) is 0.400. The molecule has 21 heavy (non-hydrogen) atoms. The molecule has 0 aliphatic heterocycles. The molecular weight excluding hydrogens is 254 g/mol. The first kappa shape index (κ1) is 15.8. The van der Waals surface area contributed by atoms with Crippen LogP contribution in [0, 0.1) is 13.8 Å². The maximum Gasteiger partial charge on any atom is 0.00233 e. The molecule has 0 aliphatic carbocycles. The van der Waals surface area contributed by atoms with Crippen LogP contribution in [0.5, 0.6) is 0 Å². The van der Waals surface area contributed by atoms with Gasteiger partial charge in [-0.25, -0.2) is 0 Å². The monoisotopic (exact) mass is 281 g/mol. The van der Waals surface area contributed by atoms with Gasteiger partial charge in [-0.15, -0.1) is 0 Å². The summed E-state index contributed by atoms with van der Waals surface area (Å²) in [6, 6.07) is 17.7. The topological polar surface area (TPSA) is 12.0 Å². The van der Waals surface area contributed by atoms with Gasteiger partial charge >= 0.3 is 0 Å². The van der Waals surface area contributed by atoms with Crippen LogP contribution >= 0.6 is 0 Å². The summed E-state index contributed by atoms with van der Waals surface area (Å²) in [5.41, 5.74) is 5.66. The van der Waals surface area contributed by atoms with Crippen LogP contribution in [0.25, 0.3) is 0 Å². The zero-order valence-electron chi connectivity index (χ0n) is 13.5. The molecule has 1 N–H and O–H groups in total. The molecule has 1 unspecified atom stereocenters. The van der Waals surface area contributed by atoms with Crippen LogP contribution in [0.2, 0.25) is 0 Å². The Bertz CT molecular complexity index is 545. The van der Waals surface area contributed by atoms with E-state index in [0.717, 1.165) is 19.5 Å². The summed E-state index contributed by atoms with van der Waals surface area (Å²) in [6.07, 6.45) is 2.29. The van der Waals surface area contributed by atoms with Gasteiger partial charge < -0.3 is 5.32 Å². The van der Waals surface area contributed by atoms with Crippen LogP contribution in [0.3, 0.4) is 0 Å². The van der Waals surface area contributed by atoms with E-state index in [0.29, 0.717) is 5.92 Å². The summed E-state index contributed by atoms with van der Waals surface area (Å²) >= 11 is 0. The van der Waals surface area contributed by atoms with E-state index in [1.807, 2.05) is 0 Å². The van der Waals surface area contributed by atoms with Gasteiger partial charge in [0.25, 0.3) is 0 Å². The van der Waals surface area contributed by atoms with Crippen molar-refractivity contribution in [3.8, 4) is 0 Å². The van der Waals surface area contributed by atoms with Crippen LogP contribution in [0.15, 0.2) is 48.5 Å². The maximum absolute atomic E-state index is 3.59. The minimum Gasteiger partial charge on any atom is -0.316 e. The third-order valence-corrected chi connectivity index (χ3v) is 4.06. The lowest BCUT2D eigenvalue weighted by atomic mass is 9.89. The molecule has 1 atom stereocenters. The Kier molecular flexibility index (Phi) is 6.01. The van der Waals surface area contributed by atoms with Crippen molar-refractivity contribution in [3.63, 3.8) is 0 Å². The molecular formula is C20H27N. The van der Waals surface area contributed by atoms with Crippen LogP contribution in [0.1, 0.15) is 41.5 Å². The highest BCUT2D eigenvalue weighted by Gasteiger charge is 2.13. The van der Waals surface area contributed by atoms with E-state index in [4.69, 9.17) is 0 Å². The van der Waals surface area contributed by atoms with E-state index >= 15 is 0 Å². The van der Waals surface area contributed by atoms with Crippen molar-refractivity contribution in [2.75, 3.05) is 13.1 Å². The molecule has 2 aromatic rings. The van der Waals surface area contributed by atoms with Crippen LogP contribution in [0.4, 0.5) is 0 Å². The largest absolute Gasteiger partial charge is 0.316 e. The molecule has 0 heterocycles. The zero-order valence-corrected chi connectivity index (χ0v) is 13.5. The fourth-order valence-corrected chi connectivity index (χ4v) is 2.77. The maximum atomic E-state index is 3.59.